The molecule has 0 atom stereocenters. The number of benzene rings is 3. The van der Waals surface area contributed by atoms with Gasteiger partial charge in [-0.3, -0.25) is 4.90 Å². The van der Waals surface area contributed by atoms with E-state index in [0.29, 0.717) is 0 Å². The van der Waals surface area contributed by atoms with Gasteiger partial charge in [-0.15, -0.1) is 0 Å². The van der Waals surface area contributed by atoms with Gasteiger partial charge in [0.1, 0.15) is 0 Å². The lowest BCUT2D eigenvalue weighted by Gasteiger charge is -2.20. The monoisotopic (exact) mass is 355 g/mol. The number of rotatable bonds is 3. The maximum absolute atomic E-state index is 9.73. The van der Waals surface area contributed by atoms with Crippen LogP contribution in [0.1, 0.15) is 17.5 Å². The molecule has 0 amide bonds. The van der Waals surface area contributed by atoms with Crippen LogP contribution in [-0.2, 0) is 6.54 Å². The molecule has 1 saturated heterocycles. The molecule has 0 spiro atoms. The van der Waals surface area contributed by atoms with Crippen LogP contribution in [0.4, 0.5) is 0 Å². The molecule has 0 radical (unpaired) electrons. The van der Waals surface area contributed by atoms with Gasteiger partial charge in [-0.05, 0) is 66.2 Å². The Morgan fingerprint density at radius 1 is 0.889 bits per heavy atom. The average molecular weight is 355 g/mol. The molecular formula is C24H25N3. The molecule has 0 aliphatic carbocycles. The number of hydrogen-bond acceptors (Lipinski definition) is 3. The van der Waals surface area contributed by atoms with E-state index in [1.54, 1.807) is 0 Å². The Kier molecular flexibility index (Phi) is 5.20. The number of nitrogens with zero attached hydrogens (tertiary/aromatic N) is 3. The Labute approximate surface area is 161 Å². The van der Waals surface area contributed by atoms with E-state index in [4.69, 9.17) is 0 Å². The van der Waals surface area contributed by atoms with Crippen molar-refractivity contribution in [1.29, 1.82) is 5.26 Å². The third-order valence-electron chi connectivity index (χ3n) is 5.48. The molecule has 0 aromatic heterocycles. The van der Waals surface area contributed by atoms with Crippen molar-refractivity contribution in [2.45, 2.75) is 13.0 Å². The van der Waals surface area contributed by atoms with Crippen molar-refractivity contribution >= 4 is 10.8 Å². The summed E-state index contributed by atoms with van der Waals surface area (Å²) in [7, 11) is 2.19. The first-order chi connectivity index (χ1) is 13.2. The number of nitriles is 1. The van der Waals surface area contributed by atoms with Gasteiger partial charge in [-0.1, -0.05) is 48.5 Å². The van der Waals surface area contributed by atoms with Crippen molar-refractivity contribution in [3.05, 3.63) is 71.8 Å². The first kappa shape index (κ1) is 17.7. The van der Waals surface area contributed by atoms with Crippen LogP contribution < -0.4 is 0 Å². The maximum atomic E-state index is 9.73. The van der Waals surface area contributed by atoms with E-state index >= 15 is 0 Å². The molecule has 136 valence electrons. The molecular weight excluding hydrogens is 330 g/mol. The van der Waals surface area contributed by atoms with Crippen molar-refractivity contribution in [3.8, 4) is 17.2 Å². The average Bonchev–Trinajstić information content (AvgIpc) is 2.91. The van der Waals surface area contributed by atoms with E-state index in [1.165, 1.54) is 29.3 Å². The smallest absolute Gasteiger partial charge is 0.0998 e. The van der Waals surface area contributed by atoms with Gasteiger partial charge in [0.25, 0.3) is 0 Å². The third kappa shape index (κ3) is 4.03. The highest BCUT2D eigenvalue weighted by molar-refractivity contribution is 5.88. The van der Waals surface area contributed by atoms with Gasteiger partial charge in [0.05, 0.1) is 11.6 Å². The summed E-state index contributed by atoms with van der Waals surface area (Å²) >= 11 is 0. The van der Waals surface area contributed by atoms with Crippen LogP contribution in [0.15, 0.2) is 60.7 Å². The van der Waals surface area contributed by atoms with Crippen molar-refractivity contribution in [1.82, 2.24) is 9.80 Å². The summed E-state index contributed by atoms with van der Waals surface area (Å²) in [5.74, 6) is 0. The topological polar surface area (TPSA) is 30.3 Å². The molecule has 3 aromatic rings. The summed E-state index contributed by atoms with van der Waals surface area (Å²) in [5.41, 5.74) is 4.10. The molecule has 3 heteroatoms. The fourth-order valence-corrected chi connectivity index (χ4v) is 3.91. The van der Waals surface area contributed by atoms with Crippen molar-refractivity contribution < 1.29 is 0 Å². The normalized spacial score (nSPS) is 16.1. The Morgan fingerprint density at radius 3 is 2.59 bits per heavy atom. The van der Waals surface area contributed by atoms with Gasteiger partial charge < -0.3 is 4.90 Å². The highest BCUT2D eigenvalue weighted by Crippen LogP contribution is 2.28. The summed E-state index contributed by atoms with van der Waals surface area (Å²) in [5, 5.41) is 12.2. The molecule has 1 aliphatic rings. The molecule has 1 heterocycles. The lowest BCUT2D eigenvalue weighted by Crippen LogP contribution is -2.28. The summed E-state index contributed by atoms with van der Waals surface area (Å²) in [6, 6.07) is 23.5. The highest BCUT2D eigenvalue weighted by Gasteiger charge is 2.14. The zero-order valence-corrected chi connectivity index (χ0v) is 15.9. The SMILES string of the molecule is CN1CCCN(Cc2ccc(-c3ccc4ccccc4c3)c(C#N)c2)CC1. The first-order valence-corrected chi connectivity index (χ1v) is 9.66. The van der Waals surface area contributed by atoms with E-state index < -0.39 is 0 Å². The van der Waals surface area contributed by atoms with Gasteiger partial charge in [0.15, 0.2) is 0 Å². The summed E-state index contributed by atoms with van der Waals surface area (Å²) in [6.45, 7) is 5.41. The number of likely N-dealkylation sites (N-methyl/N-ethyl adjacent to an activating group) is 1. The summed E-state index contributed by atoms with van der Waals surface area (Å²) < 4.78 is 0. The van der Waals surface area contributed by atoms with Crippen LogP contribution in [0.25, 0.3) is 21.9 Å². The molecule has 3 aromatic carbocycles. The molecule has 0 saturated carbocycles. The van der Waals surface area contributed by atoms with Gasteiger partial charge in [0.2, 0.25) is 0 Å². The van der Waals surface area contributed by atoms with Crippen molar-refractivity contribution in [3.63, 3.8) is 0 Å². The molecule has 1 fully saturated rings. The molecule has 1 aliphatic heterocycles. The quantitative estimate of drug-likeness (QED) is 0.692. The molecule has 0 bridgehead atoms. The lowest BCUT2D eigenvalue weighted by molar-refractivity contribution is 0.269. The zero-order valence-electron chi connectivity index (χ0n) is 15.9. The van der Waals surface area contributed by atoms with E-state index in [-0.39, 0.29) is 0 Å². The second-order valence-corrected chi connectivity index (χ2v) is 7.49. The third-order valence-corrected chi connectivity index (χ3v) is 5.48. The van der Waals surface area contributed by atoms with Crippen LogP contribution in [0.3, 0.4) is 0 Å². The van der Waals surface area contributed by atoms with Crippen molar-refractivity contribution in [2.24, 2.45) is 0 Å². The van der Waals surface area contributed by atoms with Crippen LogP contribution in [-0.4, -0.2) is 43.0 Å². The van der Waals surface area contributed by atoms with E-state index in [0.717, 1.165) is 42.9 Å². The van der Waals surface area contributed by atoms with Gasteiger partial charge >= 0.3 is 0 Å². The largest absolute Gasteiger partial charge is 0.305 e. The minimum absolute atomic E-state index is 0.759. The summed E-state index contributed by atoms with van der Waals surface area (Å²) in [4.78, 5) is 4.89. The molecule has 0 unspecified atom stereocenters. The Bertz CT molecular complexity index is 986. The Hall–Kier alpha value is -2.67. The molecule has 0 N–H and O–H groups in total. The fraction of sp³-hybridized carbons (Fsp3) is 0.292. The molecule has 27 heavy (non-hydrogen) atoms. The van der Waals surface area contributed by atoms with Gasteiger partial charge in [-0.2, -0.15) is 5.26 Å². The van der Waals surface area contributed by atoms with E-state index in [9.17, 15) is 5.26 Å². The minimum atomic E-state index is 0.759. The highest BCUT2D eigenvalue weighted by atomic mass is 15.2. The van der Waals surface area contributed by atoms with Crippen LogP contribution >= 0.6 is 0 Å². The number of hydrogen-bond donors (Lipinski definition) is 0. The summed E-state index contributed by atoms with van der Waals surface area (Å²) in [6.07, 6.45) is 1.21. The Balaban J connectivity index is 1.60. The standard InChI is InChI=1S/C24H25N3/c1-26-11-4-12-27(14-13-26)18-19-7-10-24(23(15-19)17-25)22-9-8-20-5-2-3-6-21(20)16-22/h2-3,5-10,15-16H,4,11-14,18H2,1H3. The molecule has 4 rings (SSSR count). The van der Waals surface area contributed by atoms with Gasteiger partial charge in [0, 0.05) is 19.6 Å². The second-order valence-electron chi connectivity index (χ2n) is 7.49. The van der Waals surface area contributed by atoms with Crippen LogP contribution in [0.5, 0.6) is 0 Å². The van der Waals surface area contributed by atoms with Crippen molar-refractivity contribution in [2.75, 3.05) is 33.2 Å². The maximum Gasteiger partial charge on any atom is 0.0998 e. The molecule has 3 nitrogen and oxygen atoms in total. The lowest BCUT2D eigenvalue weighted by atomic mass is 9.96. The minimum Gasteiger partial charge on any atom is -0.305 e. The first-order valence-electron chi connectivity index (χ1n) is 9.66. The predicted molar refractivity (Wildman–Crippen MR) is 111 cm³/mol. The second kappa shape index (κ2) is 7.92. The number of fused-ring (bicyclic) bond motifs is 1. The van der Waals surface area contributed by atoms with Crippen LogP contribution in [0.2, 0.25) is 0 Å². The van der Waals surface area contributed by atoms with Gasteiger partial charge in [-0.25, -0.2) is 0 Å². The van der Waals surface area contributed by atoms with Crippen LogP contribution in [0, 0.1) is 11.3 Å². The van der Waals surface area contributed by atoms with E-state index in [1.807, 2.05) is 0 Å². The zero-order chi connectivity index (χ0) is 18.6. The fourth-order valence-electron chi connectivity index (χ4n) is 3.91. The Morgan fingerprint density at radius 2 is 1.74 bits per heavy atom. The predicted octanol–water partition coefficient (Wildman–Crippen LogP) is 4.52. The van der Waals surface area contributed by atoms with E-state index in [2.05, 4.69) is 83.6 Å².